The third-order valence-corrected chi connectivity index (χ3v) is 3.76. The van der Waals surface area contributed by atoms with Crippen LogP contribution in [0, 0.1) is 5.92 Å². The fourth-order valence-electron chi connectivity index (χ4n) is 2.78. The standard InChI is InChI=1S/C13H18N2O/c14-15-13(9-5-6-9)11-7-8-16-12-4-2-1-3-10(11)12/h1-4,9,11,13,15H,5-8,14H2. The number of rotatable bonds is 3. The third kappa shape index (κ3) is 1.70. The van der Waals surface area contributed by atoms with E-state index in [1.807, 2.05) is 6.07 Å². The maximum absolute atomic E-state index is 5.71. The molecule has 16 heavy (non-hydrogen) atoms. The topological polar surface area (TPSA) is 47.3 Å². The first-order valence-electron chi connectivity index (χ1n) is 6.08. The Kier molecular flexibility index (Phi) is 2.58. The first-order valence-corrected chi connectivity index (χ1v) is 6.08. The Morgan fingerprint density at radius 1 is 1.25 bits per heavy atom. The zero-order valence-corrected chi connectivity index (χ0v) is 9.36. The number of nitrogens with two attached hydrogens (primary N) is 1. The summed E-state index contributed by atoms with van der Waals surface area (Å²) in [6, 6.07) is 8.77. The molecule has 3 heteroatoms. The highest BCUT2D eigenvalue weighted by Gasteiger charge is 2.38. The van der Waals surface area contributed by atoms with E-state index in [-0.39, 0.29) is 0 Å². The lowest BCUT2D eigenvalue weighted by Crippen LogP contribution is -2.42. The molecule has 1 aliphatic carbocycles. The van der Waals surface area contributed by atoms with Gasteiger partial charge in [-0.2, -0.15) is 0 Å². The van der Waals surface area contributed by atoms with Gasteiger partial charge >= 0.3 is 0 Å². The molecule has 1 aromatic rings. The summed E-state index contributed by atoms with van der Waals surface area (Å²) in [6.45, 7) is 0.812. The molecule has 1 aromatic carbocycles. The minimum absolute atomic E-state index is 0.421. The van der Waals surface area contributed by atoms with Crippen molar-refractivity contribution in [1.82, 2.24) is 5.43 Å². The van der Waals surface area contributed by atoms with Crippen LogP contribution in [0.4, 0.5) is 0 Å². The SMILES string of the molecule is NNC(C1CC1)C1CCOc2ccccc21. The maximum Gasteiger partial charge on any atom is 0.122 e. The fourth-order valence-corrected chi connectivity index (χ4v) is 2.78. The predicted molar refractivity (Wildman–Crippen MR) is 63.1 cm³/mol. The summed E-state index contributed by atoms with van der Waals surface area (Å²) < 4.78 is 5.68. The van der Waals surface area contributed by atoms with Crippen molar-refractivity contribution in [3.8, 4) is 5.75 Å². The number of para-hydroxylation sites is 1. The minimum atomic E-state index is 0.421. The molecule has 1 saturated carbocycles. The van der Waals surface area contributed by atoms with Crippen LogP contribution in [0.3, 0.4) is 0 Å². The second-order valence-corrected chi connectivity index (χ2v) is 4.81. The lowest BCUT2D eigenvalue weighted by atomic mass is 9.84. The van der Waals surface area contributed by atoms with Crippen LogP contribution in [0.1, 0.15) is 30.7 Å². The first kappa shape index (κ1) is 10.1. The van der Waals surface area contributed by atoms with Crippen LogP contribution in [-0.4, -0.2) is 12.6 Å². The van der Waals surface area contributed by atoms with E-state index in [0.717, 1.165) is 24.7 Å². The van der Waals surface area contributed by atoms with Gasteiger partial charge in [-0.05, 0) is 36.8 Å². The van der Waals surface area contributed by atoms with Crippen LogP contribution in [0.2, 0.25) is 0 Å². The van der Waals surface area contributed by atoms with E-state index in [4.69, 9.17) is 10.6 Å². The normalized spacial score (nSPS) is 25.7. The van der Waals surface area contributed by atoms with Gasteiger partial charge in [-0.15, -0.1) is 0 Å². The molecule has 1 fully saturated rings. The molecular formula is C13H18N2O. The Morgan fingerprint density at radius 2 is 2.06 bits per heavy atom. The minimum Gasteiger partial charge on any atom is -0.493 e. The van der Waals surface area contributed by atoms with Gasteiger partial charge in [0.1, 0.15) is 5.75 Å². The second kappa shape index (κ2) is 4.07. The van der Waals surface area contributed by atoms with E-state index in [1.165, 1.54) is 18.4 Å². The van der Waals surface area contributed by atoms with Gasteiger partial charge in [0.05, 0.1) is 6.61 Å². The molecule has 0 spiro atoms. The van der Waals surface area contributed by atoms with Crippen molar-refractivity contribution >= 4 is 0 Å². The summed E-state index contributed by atoms with van der Waals surface area (Å²) in [5.41, 5.74) is 4.34. The maximum atomic E-state index is 5.71. The van der Waals surface area contributed by atoms with E-state index in [2.05, 4.69) is 23.6 Å². The molecule has 3 rings (SSSR count). The Hall–Kier alpha value is -1.06. The Labute approximate surface area is 95.9 Å². The smallest absolute Gasteiger partial charge is 0.122 e. The van der Waals surface area contributed by atoms with Crippen molar-refractivity contribution in [3.63, 3.8) is 0 Å². The van der Waals surface area contributed by atoms with Gasteiger partial charge in [0, 0.05) is 12.0 Å². The Bertz CT molecular complexity index is 376. The van der Waals surface area contributed by atoms with E-state index in [0.29, 0.717) is 12.0 Å². The van der Waals surface area contributed by atoms with Crippen molar-refractivity contribution in [1.29, 1.82) is 0 Å². The molecule has 2 unspecified atom stereocenters. The van der Waals surface area contributed by atoms with Gasteiger partial charge in [0.15, 0.2) is 0 Å². The van der Waals surface area contributed by atoms with Crippen molar-refractivity contribution in [2.24, 2.45) is 11.8 Å². The highest BCUT2D eigenvalue weighted by Crippen LogP contribution is 2.43. The third-order valence-electron chi connectivity index (χ3n) is 3.76. The van der Waals surface area contributed by atoms with Crippen LogP contribution >= 0.6 is 0 Å². The number of ether oxygens (including phenoxy) is 1. The summed E-state index contributed by atoms with van der Waals surface area (Å²) in [4.78, 5) is 0. The van der Waals surface area contributed by atoms with Crippen molar-refractivity contribution < 1.29 is 4.74 Å². The zero-order valence-electron chi connectivity index (χ0n) is 9.36. The molecule has 0 saturated heterocycles. The number of nitrogens with one attached hydrogen (secondary N) is 1. The van der Waals surface area contributed by atoms with Crippen molar-refractivity contribution in [2.75, 3.05) is 6.61 Å². The average molecular weight is 218 g/mol. The average Bonchev–Trinajstić information content (AvgIpc) is 3.15. The monoisotopic (exact) mass is 218 g/mol. The molecule has 0 amide bonds. The summed E-state index contributed by atoms with van der Waals surface area (Å²) in [6.07, 6.45) is 3.70. The number of hydrogen-bond donors (Lipinski definition) is 2. The summed E-state index contributed by atoms with van der Waals surface area (Å²) in [7, 11) is 0. The van der Waals surface area contributed by atoms with Crippen LogP contribution in [0.15, 0.2) is 24.3 Å². The zero-order chi connectivity index (χ0) is 11.0. The van der Waals surface area contributed by atoms with E-state index in [1.54, 1.807) is 0 Å². The molecular weight excluding hydrogens is 200 g/mol. The van der Waals surface area contributed by atoms with Crippen LogP contribution < -0.4 is 16.0 Å². The Morgan fingerprint density at radius 3 is 2.81 bits per heavy atom. The lowest BCUT2D eigenvalue weighted by molar-refractivity contribution is 0.238. The summed E-state index contributed by atoms with van der Waals surface area (Å²) >= 11 is 0. The van der Waals surface area contributed by atoms with Gasteiger partial charge < -0.3 is 4.74 Å². The molecule has 0 radical (unpaired) electrons. The quantitative estimate of drug-likeness (QED) is 0.600. The number of benzene rings is 1. The van der Waals surface area contributed by atoms with Gasteiger partial charge in [-0.3, -0.25) is 11.3 Å². The summed E-state index contributed by atoms with van der Waals surface area (Å²) in [5.74, 6) is 8.03. The molecule has 0 bridgehead atoms. The van der Waals surface area contributed by atoms with Crippen molar-refractivity contribution in [2.45, 2.75) is 31.2 Å². The summed E-state index contributed by atoms with van der Waals surface area (Å²) in [5, 5.41) is 0. The van der Waals surface area contributed by atoms with Gasteiger partial charge in [-0.25, -0.2) is 0 Å². The van der Waals surface area contributed by atoms with Crippen LogP contribution in [0.25, 0.3) is 0 Å². The highest BCUT2D eigenvalue weighted by atomic mass is 16.5. The molecule has 86 valence electrons. The first-order chi connectivity index (χ1) is 7.90. The Balaban J connectivity index is 1.90. The van der Waals surface area contributed by atoms with Gasteiger partial charge in [-0.1, -0.05) is 18.2 Å². The molecule has 1 heterocycles. The largest absolute Gasteiger partial charge is 0.493 e. The molecule has 2 aliphatic rings. The predicted octanol–water partition coefficient (Wildman–Crippen LogP) is 1.79. The fraction of sp³-hybridized carbons (Fsp3) is 0.538. The molecule has 3 N–H and O–H groups in total. The van der Waals surface area contributed by atoms with E-state index in [9.17, 15) is 0 Å². The van der Waals surface area contributed by atoms with Crippen molar-refractivity contribution in [3.05, 3.63) is 29.8 Å². The molecule has 2 atom stereocenters. The molecule has 1 aliphatic heterocycles. The number of hydrazine groups is 1. The highest BCUT2D eigenvalue weighted by molar-refractivity contribution is 5.39. The number of hydrogen-bond acceptors (Lipinski definition) is 3. The van der Waals surface area contributed by atoms with Crippen LogP contribution in [-0.2, 0) is 0 Å². The van der Waals surface area contributed by atoms with Crippen LogP contribution in [0.5, 0.6) is 5.75 Å². The molecule has 0 aromatic heterocycles. The second-order valence-electron chi connectivity index (χ2n) is 4.81. The van der Waals surface area contributed by atoms with Gasteiger partial charge in [0.2, 0.25) is 0 Å². The number of fused-ring (bicyclic) bond motifs is 1. The molecule has 3 nitrogen and oxygen atoms in total. The lowest BCUT2D eigenvalue weighted by Gasteiger charge is -2.32. The van der Waals surface area contributed by atoms with E-state index < -0.39 is 0 Å². The van der Waals surface area contributed by atoms with E-state index >= 15 is 0 Å². The van der Waals surface area contributed by atoms with Gasteiger partial charge in [0.25, 0.3) is 0 Å².